The van der Waals surface area contributed by atoms with Crippen LogP contribution >= 0.6 is 11.3 Å². The second-order valence-electron chi connectivity index (χ2n) is 2.83. The Labute approximate surface area is 99.2 Å². The van der Waals surface area contributed by atoms with E-state index in [-0.39, 0.29) is 5.78 Å². The van der Waals surface area contributed by atoms with Crippen LogP contribution in [0.25, 0.3) is 10.6 Å². The van der Waals surface area contributed by atoms with Gasteiger partial charge in [0, 0.05) is 30.3 Å². The van der Waals surface area contributed by atoms with Gasteiger partial charge in [0.25, 0.3) is 0 Å². The highest BCUT2D eigenvalue weighted by atomic mass is 32.1. The van der Waals surface area contributed by atoms with Crippen molar-refractivity contribution in [3.05, 3.63) is 35.6 Å². The monoisotopic (exact) mass is 234 g/mol. The Morgan fingerprint density at radius 2 is 1.88 bits per heavy atom. The number of rotatable bonds is 2. The van der Waals surface area contributed by atoms with Gasteiger partial charge >= 0.3 is 0 Å². The lowest BCUT2D eigenvalue weighted by Crippen LogP contribution is -1.91. The van der Waals surface area contributed by atoms with Crippen LogP contribution < -0.4 is 0 Å². The summed E-state index contributed by atoms with van der Waals surface area (Å²) in [7, 11) is 0. The molecule has 4 heteroatoms. The molecule has 0 bridgehead atoms. The maximum Gasteiger partial charge on any atom is 0.178 e. The Balaban J connectivity index is 0.000000606. The molecule has 2 rings (SSSR count). The summed E-state index contributed by atoms with van der Waals surface area (Å²) < 4.78 is 0. The number of hydrogen-bond donors (Lipinski definition) is 0. The zero-order valence-corrected chi connectivity index (χ0v) is 10.4. The highest BCUT2D eigenvalue weighted by Gasteiger charge is 2.06. The fraction of sp³-hybridized carbons (Fsp3) is 0.250. The predicted octanol–water partition coefficient (Wildman–Crippen LogP) is 3.43. The summed E-state index contributed by atoms with van der Waals surface area (Å²) in [5, 5.41) is 2.63. The zero-order chi connectivity index (χ0) is 12.0. The molecule has 0 aliphatic rings. The van der Waals surface area contributed by atoms with E-state index in [0.29, 0.717) is 5.69 Å². The molecule has 2 aromatic rings. The molecule has 0 fully saturated rings. The van der Waals surface area contributed by atoms with Crippen molar-refractivity contribution >= 4 is 17.1 Å². The van der Waals surface area contributed by atoms with Crippen LogP contribution in [0.1, 0.15) is 31.3 Å². The molecule has 16 heavy (non-hydrogen) atoms. The van der Waals surface area contributed by atoms with E-state index in [1.165, 1.54) is 18.3 Å². The topological polar surface area (TPSA) is 42.9 Å². The molecule has 2 aromatic heterocycles. The second kappa shape index (κ2) is 6.12. The normalized spacial score (nSPS) is 9.19. The van der Waals surface area contributed by atoms with E-state index in [0.717, 1.165) is 10.6 Å². The average Bonchev–Trinajstić information content (AvgIpc) is 2.82. The third kappa shape index (κ3) is 2.97. The van der Waals surface area contributed by atoms with E-state index in [9.17, 15) is 4.79 Å². The van der Waals surface area contributed by atoms with E-state index in [1.54, 1.807) is 17.8 Å². The second-order valence-corrected chi connectivity index (χ2v) is 3.69. The Bertz CT molecular complexity index is 451. The molecule has 0 spiro atoms. The van der Waals surface area contributed by atoms with Gasteiger partial charge in [-0.15, -0.1) is 11.3 Å². The molecule has 0 aromatic carbocycles. The molecule has 0 aliphatic carbocycles. The molecule has 0 atom stereocenters. The first-order chi connectivity index (χ1) is 7.77. The van der Waals surface area contributed by atoms with Crippen molar-refractivity contribution in [2.24, 2.45) is 0 Å². The van der Waals surface area contributed by atoms with E-state index in [1.807, 2.05) is 26.0 Å². The maximum absolute atomic E-state index is 11.0. The molecular weight excluding hydrogens is 220 g/mol. The van der Waals surface area contributed by atoms with E-state index >= 15 is 0 Å². The largest absolute Gasteiger partial charge is 0.293 e. The lowest BCUT2D eigenvalue weighted by Gasteiger charge is -1.92. The molecule has 0 aliphatic heterocycles. The van der Waals surface area contributed by atoms with Gasteiger partial charge in [-0.2, -0.15) is 0 Å². The number of carbonyl (C=O) groups excluding carboxylic acids is 1. The van der Waals surface area contributed by atoms with Crippen molar-refractivity contribution < 1.29 is 4.79 Å². The number of ketones is 1. The summed E-state index contributed by atoms with van der Waals surface area (Å²) >= 11 is 1.47. The Morgan fingerprint density at radius 1 is 1.25 bits per heavy atom. The zero-order valence-electron chi connectivity index (χ0n) is 9.60. The van der Waals surface area contributed by atoms with Crippen molar-refractivity contribution in [1.29, 1.82) is 0 Å². The summed E-state index contributed by atoms with van der Waals surface area (Å²) in [6, 6.07) is 3.76. The summed E-state index contributed by atoms with van der Waals surface area (Å²) in [4.78, 5) is 19.2. The van der Waals surface area contributed by atoms with Gasteiger partial charge in [-0.1, -0.05) is 13.8 Å². The first-order valence-corrected chi connectivity index (χ1v) is 6.02. The molecule has 0 unspecified atom stereocenters. The Morgan fingerprint density at radius 3 is 2.38 bits per heavy atom. The third-order valence-corrected chi connectivity index (χ3v) is 2.68. The summed E-state index contributed by atoms with van der Waals surface area (Å²) in [6.45, 7) is 5.52. The van der Waals surface area contributed by atoms with E-state index in [4.69, 9.17) is 0 Å². The van der Waals surface area contributed by atoms with Crippen LogP contribution in [0.5, 0.6) is 0 Å². The van der Waals surface area contributed by atoms with Crippen LogP contribution in [-0.4, -0.2) is 15.8 Å². The highest BCUT2D eigenvalue weighted by molar-refractivity contribution is 7.13. The van der Waals surface area contributed by atoms with E-state index < -0.39 is 0 Å². The maximum atomic E-state index is 11.0. The van der Waals surface area contributed by atoms with Gasteiger partial charge in [0.2, 0.25) is 0 Å². The van der Waals surface area contributed by atoms with Gasteiger partial charge in [0.15, 0.2) is 5.78 Å². The molecule has 0 saturated heterocycles. The number of thiazole rings is 1. The minimum Gasteiger partial charge on any atom is -0.293 e. The minimum absolute atomic E-state index is 0.00144. The summed E-state index contributed by atoms with van der Waals surface area (Å²) in [5.41, 5.74) is 1.53. The highest BCUT2D eigenvalue weighted by Crippen LogP contribution is 2.22. The smallest absolute Gasteiger partial charge is 0.178 e. The molecule has 2 heterocycles. The third-order valence-electron chi connectivity index (χ3n) is 1.79. The van der Waals surface area contributed by atoms with Crippen molar-refractivity contribution in [3.63, 3.8) is 0 Å². The number of Topliss-reactive ketones (excluding diaryl/α,β-unsaturated/α-hetero) is 1. The molecule has 0 radical (unpaired) electrons. The molecule has 0 N–H and O–H groups in total. The average molecular weight is 234 g/mol. The fourth-order valence-electron chi connectivity index (χ4n) is 1.06. The van der Waals surface area contributed by atoms with Gasteiger partial charge in [0.1, 0.15) is 10.7 Å². The molecule has 0 amide bonds. The van der Waals surface area contributed by atoms with Gasteiger partial charge in [0.05, 0.1) is 0 Å². The quantitative estimate of drug-likeness (QED) is 0.748. The van der Waals surface area contributed by atoms with Gasteiger partial charge < -0.3 is 0 Å². The number of aromatic nitrogens is 2. The Hall–Kier alpha value is -1.55. The van der Waals surface area contributed by atoms with Gasteiger partial charge in [-0.3, -0.25) is 9.78 Å². The SMILES string of the molecule is CC.CC(=O)c1csc(-c2ccncc2)n1. The molecule has 84 valence electrons. The number of hydrogen-bond acceptors (Lipinski definition) is 4. The first kappa shape index (κ1) is 12.5. The standard InChI is InChI=1S/C10H8N2OS.C2H6/c1-7(13)9-6-14-10(12-9)8-2-4-11-5-3-8;1-2/h2-6H,1H3;1-2H3. The van der Waals surface area contributed by atoms with Gasteiger partial charge in [-0.05, 0) is 12.1 Å². The molecule has 3 nitrogen and oxygen atoms in total. The minimum atomic E-state index is 0.00144. The van der Waals surface area contributed by atoms with Crippen molar-refractivity contribution in [2.45, 2.75) is 20.8 Å². The number of pyridine rings is 1. The van der Waals surface area contributed by atoms with Crippen molar-refractivity contribution in [3.8, 4) is 10.6 Å². The van der Waals surface area contributed by atoms with Crippen molar-refractivity contribution in [1.82, 2.24) is 9.97 Å². The van der Waals surface area contributed by atoms with Crippen LogP contribution in [0, 0.1) is 0 Å². The van der Waals surface area contributed by atoms with Gasteiger partial charge in [-0.25, -0.2) is 4.98 Å². The number of carbonyl (C=O) groups is 1. The number of nitrogens with zero attached hydrogens (tertiary/aromatic N) is 2. The van der Waals surface area contributed by atoms with Crippen LogP contribution in [0.4, 0.5) is 0 Å². The van der Waals surface area contributed by atoms with Crippen molar-refractivity contribution in [2.75, 3.05) is 0 Å². The summed E-state index contributed by atoms with van der Waals surface area (Å²) in [5.74, 6) is 0.00144. The molecular formula is C12H14N2OS. The Kier molecular flexibility index (Phi) is 4.79. The molecule has 0 saturated carbocycles. The fourth-order valence-corrected chi connectivity index (χ4v) is 1.93. The summed E-state index contributed by atoms with van der Waals surface area (Å²) in [6.07, 6.45) is 3.42. The lowest BCUT2D eigenvalue weighted by molar-refractivity contribution is 0.101. The van der Waals surface area contributed by atoms with Crippen LogP contribution in [0.15, 0.2) is 29.9 Å². The lowest BCUT2D eigenvalue weighted by atomic mass is 10.3. The van der Waals surface area contributed by atoms with E-state index in [2.05, 4.69) is 9.97 Å². The van der Waals surface area contributed by atoms with Crippen LogP contribution in [-0.2, 0) is 0 Å². The van der Waals surface area contributed by atoms with Crippen LogP contribution in [0.3, 0.4) is 0 Å². The predicted molar refractivity (Wildman–Crippen MR) is 66.7 cm³/mol. The van der Waals surface area contributed by atoms with Crippen LogP contribution in [0.2, 0.25) is 0 Å². The first-order valence-electron chi connectivity index (χ1n) is 5.14.